The third-order valence-electron chi connectivity index (χ3n) is 2.89. The van der Waals surface area contributed by atoms with Crippen LogP contribution >= 0.6 is 15.9 Å². The lowest BCUT2D eigenvalue weighted by molar-refractivity contribution is 0.0562. The van der Waals surface area contributed by atoms with Gasteiger partial charge >= 0.3 is 5.97 Å². The summed E-state index contributed by atoms with van der Waals surface area (Å²) in [5, 5.41) is 12.3. The number of benzene rings is 2. The molecular formula is C16H14BrNO3. The molecule has 0 spiro atoms. The molecule has 0 aliphatic rings. The molecule has 0 unspecified atom stereocenters. The van der Waals surface area contributed by atoms with Crippen molar-refractivity contribution >= 4 is 27.6 Å². The standard InChI is InChI=1S/C16H14BrNO3/c1-11-3-2-4-13(9-11)16(19)21-10-15(18-20)12-5-7-14(17)8-6-12/h2-9,20H,10H2,1H3. The molecule has 2 aromatic rings. The maximum Gasteiger partial charge on any atom is 0.338 e. The predicted molar refractivity (Wildman–Crippen MR) is 83.9 cm³/mol. The van der Waals surface area contributed by atoms with Gasteiger partial charge in [0.2, 0.25) is 0 Å². The van der Waals surface area contributed by atoms with E-state index >= 15 is 0 Å². The molecule has 4 nitrogen and oxygen atoms in total. The molecule has 0 radical (unpaired) electrons. The molecule has 5 heteroatoms. The van der Waals surface area contributed by atoms with Gasteiger partial charge < -0.3 is 9.94 Å². The smallest absolute Gasteiger partial charge is 0.338 e. The van der Waals surface area contributed by atoms with Gasteiger partial charge in [0, 0.05) is 10.0 Å². The lowest BCUT2D eigenvalue weighted by atomic mass is 10.1. The average Bonchev–Trinajstić information content (AvgIpc) is 2.49. The van der Waals surface area contributed by atoms with Crippen LogP contribution in [0.15, 0.2) is 58.2 Å². The van der Waals surface area contributed by atoms with Crippen LogP contribution in [0.1, 0.15) is 21.5 Å². The van der Waals surface area contributed by atoms with Gasteiger partial charge in [-0.2, -0.15) is 0 Å². The summed E-state index contributed by atoms with van der Waals surface area (Å²) in [5.74, 6) is -0.447. The summed E-state index contributed by atoms with van der Waals surface area (Å²) in [4.78, 5) is 11.9. The highest BCUT2D eigenvalue weighted by Crippen LogP contribution is 2.12. The molecule has 2 rings (SSSR count). The van der Waals surface area contributed by atoms with Crippen molar-refractivity contribution < 1.29 is 14.7 Å². The Bertz CT molecular complexity index is 665. The molecule has 1 N–H and O–H groups in total. The highest BCUT2D eigenvalue weighted by atomic mass is 79.9. The van der Waals surface area contributed by atoms with Crippen molar-refractivity contribution in [2.24, 2.45) is 5.16 Å². The van der Waals surface area contributed by atoms with E-state index < -0.39 is 5.97 Å². The monoisotopic (exact) mass is 347 g/mol. The van der Waals surface area contributed by atoms with E-state index in [4.69, 9.17) is 9.94 Å². The van der Waals surface area contributed by atoms with Crippen LogP contribution in [0.3, 0.4) is 0 Å². The van der Waals surface area contributed by atoms with E-state index in [0.717, 1.165) is 10.0 Å². The minimum Gasteiger partial charge on any atom is -0.455 e. The summed E-state index contributed by atoms with van der Waals surface area (Å²) >= 11 is 3.33. The number of ether oxygens (including phenoxy) is 1. The minimum atomic E-state index is -0.447. The number of oxime groups is 1. The molecule has 2 aromatic carbocycles. The first-order valence-corrected chi connectivity index (χ1v) is 7.10. The highest BCUT2D eigenvalue weighted by molar-refractivity contribution is 9.10. The first kappa shape index (κ1) is 15.3. The fourth-order valence-electron chi connectivity index (χ4n) is 1.80. The molecule has 0 amide bonds. The van der Waals surface area contributed by atoms with Gasteiger partial charge in [-0.15, -0.1) is 0 Å². The second-order valence-electron chi connectivity index (χ2n) is 4.50. The van der Waals surface area contributed by atoms with Crippen LogP contribution in [0, 0.1) is 6.92 Å². The number of halogens is 1. The van der Waals surface area contributed by atoms with Crippen LogP contribution in [0.5, 0.6) is 0 Å². The Hall–Kier alpha value is -2.14. The van der Waals surface area contributed by atoms with Crippen LogP contribution in [0.4, 0.5) is 0 Å². The normalized spacial score (nSPS) is 11.2. The third-order valence-corrected chi connectivity index (χ3v) is 3.42. The number of esters is 1. The maximum atomic E-state index is 11.9. The Morgan fingerprint density at radius 2 is 1.90 bits per heavy atom. The second kappa shape index (κ2) is 7.04. The number of nitrogens with zero attached hydrogens (tertiary/aromatic N) is 1. The van der Waals surface area contributed by atoms with Gasteiger partial charge in [-0.05, 0) is 31.2 Å². The lowest BCUT2D eigenvalue weighted by Crippen LogP contribution is -2.15. The average molecular weight is 348 g/mol. The van der Waals surface area contributed by atoms with Crippen molar-refractivity contribution in [1.29, 1.82) is 0 Å². The fourth-order valence-corrected chi connectivity index (χ4v) is 2.07. The predicted octanol–water partition coefficient (Wildman–Crippen LogP) is 3.79. The first-order valence-electron chi connectivity index (χ1n) is 6.31. The SMILES string of the molecule is Cc1cccc(C(=O)OCC(=NO)c2ccc(Br)cc2)c1. The molecule has 0 aromatic heterocycles. The van der Waals surface area contributed by atoms with Crippen LogP contribution in [0.25, 0.3) is 0 Å². The van der Waals surface area contributed by atoms with Gasteiger partial charge in [-0.1, -0.05) is 50.9 Å². The quantitative estimate of drug-likeness (QED) is 0.396. The summed E-state index contributed by atoms with van der Waals surface area (Å²) in [6.07, 6.45) is 0. The van der Waals surface area contributed by atoms with Crippen molar-refractivity contribution in [3.63, 3.8) is 0 Å². The summed E-state index contributed by atoms with van der Waals surface area (Å²) < 4.78 is 6.10. The summed E-state index contributed by atoms with van der Waals surface area (Å²) in [6.45, 7) is 1.81. The zero-order chi connectivity index (χ0) is 15.2. The van der Waals surface area contributed by atoms with Crippen LogP contribution in [-0.2, 0) is 4.74 Å². The molecular weight excluding hydrogens is 334 g/mol. The number of carbonyl (C=O) groups excluding carboxylic acids is 1. The molecule has 108 valence electrons. The Morgan fingerprint density at radius 3 is 2.52 bits per heavy atom. The Labute approximate surface area is 131 Å². The lowest BCUT2D eigenvalue weighted by Gasteiger charge is -2.07. The first-order chi connectivity index (χ1) is 10.1. The Balaban J connectivity index is 2.04. The number of aryl methyl sites for hydroxylation is 1. The van der Waals surface area contributed by atoms with Gasteiger partial charge in [0.1, 0.15) is 12.3 Å². The zero-order valence-corrected chi connectivity index (χ0v) is 13.0. The van der Waals surface area contributed by atoms with E-state index in [-0.39, 0.29) is 6.61 Å². The van der Waals surface area contributed by atoms with E-state index in [9.17, 15) is 4.79 Å². The van der Waals surface area contributed by atoms with E-state index in [0.29, 0.717) is 16.8 Å². The van der Waals surface area contributed by atoms with Gasteiger partial charge in [0.15, 0.2) is 0 Å². The van der Waals surface area contributed by atoms with Crippen LogP contribution in [0.2, 0.25) is 0 Å². The van der Waals surface area contributed by atoms with E-state index in [1.807, 2.05) is 25.1 Å². The van der Waals surface area contributed by atoms with Crippen molar-refractivity contribution in [2.75, 3.05) is 6.61 Å². The summed E-state index contributed by atoms with van der Waals surface area (Å²) in [6, 6.07) is 14.3. The van der Waals surface area contributed by atoms with Crippen molar-refractivity contribution in [1.82, 2.24) is 0 Å². The van der Waals surface area contributed by atoms with Crippen LogP contribution in [-0.4, -0.2) is 23.5 Å². The van der Waals surface area contributed by atoms with Crippen LogP contribution < -0.4 is 0 Å². The zero-order valence-electron chi connectivity index (χ0n) is 11.4. The van der Waals surface area contributed by atoms with E-state index in [1.165, 1.54) is 0 Å². The number of rotatable bonds is 4. The molecule has 0 saturated heterocycles. The number of hydrogen-bond acceptors (Lipinski definition) is 4. The molecule has 0 aliphatic carbocycles. The molecule has 0 bridgehead atoms. The van der Waals surface area contributed by atoms with Gasteiger partial charge in [-0.3, -0.25) is 0 Å². The van der Waals surface area contributed by atoms with E-state index in [2.05, 4.69) is 21.1 Å². The fraction of sp³-hybridized carbons (Fsp3) is 0.125. The topological polar surface area (TPSA) is 58.9 Å². The van der Waals surface area contributed by atoms with Crippen molar-refractivity contribution in [3.8, 4) is 0 Å². The summed E-state index contributed by atoms with van der Waals surface area (Å²) in [5.41, 5.74) is 2.44. The molecule has 21 heavy (non-hydrogen) atoms. The molecule has 0 aliphatic heterocycles. The second-order valence-corrected chi connectivity index (χ2v) is 5.41. The Morgan fingerprint density at radius 1 is 1.19 bits per heavy atom. The van der Waals surface area contributed by atoms with Gasteiger partial charge in [-0.25, -0.2) is 4.79 Å². The Kier molecular flexibility index (Phi) is 5.11. The van der Waals surface area contributed by atoms with E-state index in [1.54, 1.807) is 30.3 Å². The molecule has 0 atom stereocenters. The highest BCUT2D eigenvalue weighted by Gasteiger charge is 2.11. The number of carbonyl (C=O) groups is 1. The minimum absolute atomic E-state index is 0.0924. The van der Waals surface area contributed by atoms with Gasteiger partial charge in [0.25, 0.3) is 0 Å². The number of hydrogen-bond donors (Lipinski definition) is 1. The maximum absolute atomic E-state index is 11.9. The van der Waals surface area contributed by atoms with Crippen molar-refractivity contribution in [3.05, 3.63) is 69.7 Å². The third kappa shape index (κ3) is 4.16. The molecule has 0 heterocycles. The summed E-state index contributed by atoms with van der Waals surface area (Å²) in [7, 11) is 0. The van der Waals surface area contributed by atoms with Gasteiger partial charge in [0.05, 0.1) is 5.56 Å². The molecule has 0 fully saturated rings. The molecule has 0 saturated carbocycles. The largest absolute Gasteiger partial charge is 0.455 e. The van der Waals surface area contributed by atoms with Crippen molar-refractivity contribution in [2.45, 2.75) is 6.92 Å².